The number of hydrogen-bond donors (Lipinski definition) is 2. The molecular weight excluding hydrogens is 482 g/mol. The maximum Gasteiger partial charge on any atom is 0.305 e. The highest BCUT2D eigenvalue weighted by Crippen LogP contribution is 2.35. The van der Waals surface area contributed by atoms with Crippen LogP contribution in [0.5, 0.6) is 5.75 Å². The van der Waals surface area contributed by atoms with Gasteiger partial charge in [0.05, 0.1) is 11.3 Å². The van der Waals surface area contributed by atoms with Crippen molar-refractivity contribution in [3.05, 3.63) is 75.0 Å². The number of carbonyl (C=O) groups is 2. The van der Waals surface area contributed by atoms with Crippen molar-refractivity contribution >= 4 is 23.2 Å². The van der Waals surface area contributed by atoms with E-state index in [-0.39, 0.29) is 25.0 Å². The lowest BCUT2D eigenvalue weighted by molar-refractivity contribution is -0.136. The van der Waals surface area contributed by atoms with Gasteiger partial charge < -0.3 is 15.2 Å². The average molecular weight is 520 g/mol. The van der Waals surface area contributed by atoms with Crippen LogP contribution < -0.4 is 10.1 Å². The predicted molar refractivity (Wildman–Crippen MR) is 152 cm³/mol. The summed E-state index contributed by atoms with van der Waals surface area (Å²) in [5, 5.41) is 11.3. The van der Waals surface area contributed by atoms with E-state index in [2.05, 4.69) is 45.9 Å². The van der Waals surface area contributed by atoms with Crippen molar-refractivity contribution in [2.75, 3.05) is 6.54 Å². The maximum atomic E-state index is 12.3. The molecule has 0 aliphatic rings. The second kappa shape index (κ2) is 14.2. The van der Waals surface area contributed by atoms with E-state index in [0.717, 1.165) is 50.8 Å². The first-order valence-corrected chi connectivity index (χ1v) is 13.3. The number of hydrogen-bond acceptors (Lipinski definition) is 4. The molecule has 1 heterocycles. The fraction of sp³-hybridized carbons (Fsp3) is 0.355. The zero-order valence-corrected chi connectivity index (χ0v) is 23.4. The molecule has 37 heavy (non-hydrogen) atoms. The predicted octanol–water partition coefficient (Wildman–Crippen LogP) is 7.41. The van der Waals surface area contributed by atoms with Gasteiger partial charge in [-0.05, 0) is 84.8 Å². The molecule has 0 bridgehead atoms. The highest BCUT2D eigenvalue weighted by molar-refractivity contribution is 7.14. The van der Waals surface area contributed by atoms with Crippen LogP contribution in [-0.4, -0.2) is 23.5 Å². The van der Waals surface area contributed by atoms with Gasteiger partial charge in [-0.25, -0.2) is 0 Å². The van der Waals surface area contributed by atoms with Crippen LogP contribution in [0.2, 0.25) is 0 Å². The fourth-order valence-corrected chi connectivity index (χ4v) is 4.74. The van der Waals surface area contributed by atoms with Crippen LogP contribution in [0.1, 0.15) is 77.9 Å². The molecular formula is C31H37NO4S. The number of amides is 1. The molecule has 0 spiro atoms. The summed E-state index contributed by atoms with van der Waals surface area (Å²) in [4.78, 5) is 24.4. The number of carboxylic acids is 1. The minimum Gasteiger partial charge on any atom is -0.485 e. The molecule has 0 saturated carbocycles. The van der Waals surface area contributed by atoms with Gasteiger partial charge in [-0.2, -0.15) is 0 Å². The number of aryl methyl sites for hydroxylation is 2. The van der Waals surface area contributed by atoms with Crippen molar-refractivity contribution in [2.45, 2.75) is 60.5 Å². The van der Waals surface area contributed by atoms with Crippen molar-refractivity contribution in [2.24, 2.45) is 5.92 Å². The minimum absolute atomic E-state index is 0.103. The summed E-state index contributed by atoms with van der Waals surface area (Å²) in [5.41, 5.74) is 5.34. The lowest BCUT2D eigenvalue weighted by atomic mass is 9.95. The number of nitrogens with one attached hydrogen (secondary N) is 1. The van der Waals surface area contributed by atoms with Crippen LogP contribution in [0.25, 0.3) is 11.1 Å². The van der Waals surface area contributed by atoms with Crippen molar-refractivity contribution in [1.82, 2.24) is 5.32 Å². The van der Waals surface area contributed by atoms with E-state index < -0.39 is 5.97 Å². The molecule has 5 nitrogen and oxygen atoms in total. The summed E-state index contributed by atoms with van der Waals surface area (Å²) in [6.45, 7) is 12.8. The molecule has 196 valence electrons. The van der Waals surface area contributed by atoms with Crippen LogP contribution in [-0.2, 0) is 4.79 Å². The third-order valence-electron chi connectivity index (χ3n) is 5.29. The number of aliphatic carboxylic acids is 1. The van der Waals surface area contributed by atoms with Gasteiger partial charge in [-0.3, -0.25) is 9.59 Å². The average Bonchev–Trinajstić information content (AvgIpc) is 3.32. The number of thiophene rings is 1. The summed E-state index contributed by atoms with van der Waals surface area (Å²) in [6, 6.07) is 15.7. The largest absolute Gasteiger partial charge is 0.485 e. The molecule has 0 saturated heterocycles. The lowest BCUT2D eigenvalue weighted by Gasteiger charge is -2.19. The molecule has 3 rings (SSSR count). The van der Waals surface area contributed by atoms with E-state index in [0.29, 0.717) is 4.88 Å². The second-order valence-corrected chi connectivity index (χ2v) is 10.6. The van der Waals surface area contributed by atoms with Crippen molar-refractivity contribution in [1.29, 1.82) is 0 Å². The Kier molecular flexibility index (Phi) is 11.4. The first kappa shape index (κ1) is 29.7. The molecule has 0 radical (unpaired) electrons. The molecule has 2 N–H and O–H groups in total. The van der Waals surface area contributed by atoms with Gasteiger partial charge in [0, 0.05) is 17.0 Å². The molecule has 1 unspecified atom stereocenters. The number of terminal acetylenes is 1. The highest BCUT2D eigenvalue weighted by Gasteiger charge is 2.18. The summed E-state index contributed by atoms with van der Waals surface area (Å²) in [6.07, 6.45) is 5.92. The van der Waals surface area contributed by atoms with Crippen molar-refractivity contribution in [3.63, 3.8) is 0 Å². The maximum absolute atomic E-state index is 12.3. The third-order valence-corrected chi connectivity index (χ3v) is 6.46. The Morgan fingerprint density at radius 2 is 1.65 bits per heavy atom. The standard InChI is InChI=1S/C27H27NO4S.C4H10/c1-5-19-7-9-20(10-8-19)26-17(3)15-21(16-18(26)4)32-22(6-2)23-11-12-24(33-23)27(31)28-14-13-25(29)30;1-4(2)3/h1,7-12,15-16,22H,6,13-14H2,2-4H3,(H,28,31)(H,29,30);4H,1-3H3. The Balaban J connectivity index is 0.00000112. The van der Waals surface area contributed by atoms with Crippen LogP contribution in [0.15, 0.2) is 48.5 Å². The second-order valence-electron chi connectivity index (χ2n) is 9.50. The Morgan fingerprint density at radius 1 is 1.05 bits per heavy atom. The highest BCUT2D eigenvalue weighted by atomic mass is 32.1. The molecule has 0 aliphatic carbocycles. The summed E-state index contributed by atoms with van der Waals surface area (Å²) >= 11 is 1.36. The number of carbonyl (C=O) groups excluding carboxylic acids is 1. The van der Waals surface area contributed by atoms with E-state index in [1.165, 1.54) is 11.3 Å². The Morgan fingerprint density at radius 3 is 2.16 bits per heavy atom. The van der Waals surface area contributed by atoms with Gasteiger partial charge in [0.2, 0.25) is 0 Å². The SMILES string of the molecule is C#Cc1ccc(-c2c(C)cc(OC(CC)c3ccc(C(=O)NCCC(=O)O)s3)cc2C)cc1.CC(C)C. The molecule has 1 amide bonds. The number of carboxylic acid groups (broad SMARTS) is 1. The summed E-state index contributed by atoms with van der Waals surface area (Å²) in [7, 11) is 0. The van der Waals surface area contributed by atoms with E-state index >= 15 is 0 Å². The van der Waals surface area contributed by atoms with E-state index in [1.807, 2.05) is 49.4 Å². The van der Waals surface area contributed by atoms with Gasteiger partial charge in [-0.15, -0.1) is 17.8 Å². The molecule has 0 fully saturated rings. The van der Waals surface area contributed by atoms with Crippen LogP contribution in [0, 0.1) is 32.1 Å². The first-order chi connectivity index (χ1) is 17.5. The van der Waals surface area contributed by atoms with Gasteiger partial charge >= 0.3 is 5.97 Å². The lowest BCUT2D eigenvalue weighted by Crippen LogP contribution is -2.25. The number of benzene rings is 2. The minimum atomic E-state index is -0.942. The van der Waals surface area contributed by atoms with Crippen LogP contribution in [0.4, 0.5) is 0 Å². The molecule has 1 aromatic heterocycles. The van der Waals surface area contributed by atoms with Gasteiger partial charge in [0.25, 0.3) is 5.91 Å². The molecule has 0 aliphatic heterocycles. The third kappa shape index (κ3) is 9.11. The van der Waals surface area contributed by atoms with Crippen molar-refractivity contribution in [3.8, 4) is 29.2 Å². The van der Waals surface area contributed by atoms with E-state index in [9.17, 15) is 9.59 Å². The fourth-order valence-electron chi connectivity index (χ4n) is 3.71. The van der Waals surface area contributed by atoms with Gasteiger partial charge in [0.15, 0.2) is 0 Å². The monoisotopic (exact) mass is 519 g/mol. The van der Waals surface area contributed by atoms with Gasteiger partial charge in [0.1, 0.15) is 11.9 Å². The molecule has 2 aromatic carbocycles. The number of rotatable bonds is 9. The number of ether oxygens (including phenoxy) is 1. The van der Waals surface area contributed by atoms with E-state index in [1.54, 1.807) is 6.07 Å². The quantitative estimate of drug-likeness (QED) is 0.289. The van der Waals surface area contributed by atoms with Crippen LogP contribution in [0.3, 0.4) is 0 Å². The summed E-state index contributed by atoms with van der Waals surface area (Å²) in [5.74, 6) is 3.04. The topological polar surface area (TPSA) is 75.6 Å². The smallest absolute Gasteiger partial charge is 0.305 e. The zero-order chi connectivity index (χ0) is 27.5. The summed E-state index contributed by atoms with van der Waals surface area (Å²) < 4.78 is 6.32. The first-order valence-electron chi connectivity index (χ1n) is 12.5. The van der Waals surface area contributed by atoms with Gasteiger partial charge in [-0.1, -0.05) is 45.7 Å². The normalized spacial score (nSPS) is 11.2. The van der Waals surface area contributed by atoms with E-state index in [4.69, 9.17) is 16.3 Å². The van der Waals surface area contributed by atoms with Crippen molar-refractivity contribution < 1.29 is 19.4 Å². The zero-order valence-electron chi connectivity index (χ0n) is 22.6. The van der Waals surface area contributed by atoms with Crippen LogP contribution >= 0.6 is 11.3 Å². The molecule has 6 heteroatoms. The Bertz CT molecular complexity index is 1210. The molecule has 1 atom stereocenters. The molecule has 3 aromatic rings. The Hall–Kier alpha value is -3.56. The Labute approximate surface area is 224 Å².